The smallest absolute Gasteiger partial charge is 0.136 e. The van der Waals surface area contributed by atoms with E-state index in [0.717, 1.165) is 35.8 Å². The van der Waals surface area contributed by atoms with Crippen LogP contribution in [0.25, 0.3) is 0 Å². The summed E-state index contributed by atoms with van der Waals surface area (Å²) in [5.74, 6) is 4.87. The Bertz CT molecular complexity index is 427. The van der Waals surface area contributed by atoms with Crippen LogP contribution in [0, 0.1) is 0 Å². The summed E-state index contributed by atoms with van der Waals surface area (Å²) in [7, 11) is 0. The lowest BCUT2D eigenvalue weighted by Crippen LogP contribution is -2.15. The highest BCUT2D eigenvalue weighted by Crippen LogP contribution is 2.38. The van der Waals surface area contributed by atoms with Gasteiger partial charge in [-0.25, -0.2) is 9.97 Å². The molecule has 1 atom stereocenters. The minimum Gasteiger partial charge on any atom is -0.370 e. The van der Waals surface area contributed by atoms with E-state index >= 15 is 0 Å². The van der Waals surface area contributed by atoms with E-state index in [9.17, 15) is 0 Å². The van der Waals surface area contributed by atoms with E-state index in [1.807, 2.05) is 6.07 Å². The SMILES string of the molecule is CCNc1cc(NCC2CCCS2)nc(C2CC2)n1. The average Bonchev–Trinajstić information content (AvgIpc) is 3.14. The van der Waals surface area contributed by atoms with Crippen molar-refractivity contribution in [2.45, 2.75) is 43.8 Å². The topological polar surface area (TPSA) is 49.8 Å². The van der Waals surface area contributed by atoms with Crippen molar-refractivity contribution in [3.8, 4) is 0 Å². The van der Waals surface area contributed by atoms with Crippen LogP contribution < -0.4 is 10.6 Å². The van der Waals surface area contributed by atoms with E-state index in [2.05, 4.69) is 39.3 Å². The predicted octanol–water partition coefficient (Wildman–Crippen LogP) is 3.09. The number of aromatic nitrogens is 2. The third-order valence-corrected chi connectivity index (χ3v) is 4.98. The van der Waals surface area contributed by atoms with Gasteiger partial charge in [0.2, 0.25) is 0 Å². The van der Waals surface area contributed by atoms with Crippen molar-refractivity contribution in [3.63, 3.8) is 0 Å². The molecule has 1 unspecified atom stereocenters. The molecule has 0 amide bonds. The molecule has 0 bridgehead atoms. The maximum atomic E-state index is 4.67. The van der Waals surface area contributed by atoms with Crippen molar-refractivity contribution in [1.29, 1.82) is 0 Å². The second-order valence-electron chi connectivity index (χ2n) is 5.32. The lowest BCUT2D eigenvalue weighted by Gasteiger charge is -2.13. The van der Waals surface area contributed by atoms with E-state index in [-0.39, 0.29) is 0 Å². The molecule has 1 aliphatic heterocycles. The molecule has 2 heterocycles. The highest BCUT2D eigenvalue weighted by molar-refractivity contribution is 8.00. The van der Waals surface area contributed by atoms with Gasteiger partial charge >= 0.3 is 0 Å². The molecule has 0 spiro atoms. The maximum Gasteiger partial charge on any atom is 0.136 e. The molecule has 1 aromatic rings. The van der Waals surface area contributed by atoms with Gasteiger partial charge < -0.3 is 10.6 Å². The molecule has 4 nitrogen and oxygen atoms in total. The molecule has 3 rings (SSSR count). The third kappa shape index (κ3) is 3.53. The summed E-state index contributed by atoms with van der Waals surface area (Å²) in [4.78, 5) is 9.26. The van der Waals surface area contributed by atoms with Crippen LogP contribution in [0.1, 0.15) is 44.3 Å². The van der Waals surface area contributed by atoms with Crippen LogP contribution in [-0.4, -0.2) is 34.1 Å². The van der Waals surface area contributed by atoms with Crippen LogP contribution in [-0.2, 0) is 0 Å². The van der Waals surface area contributed by atoms with Gasteiger partial charge in [-0.1, -0.05) is 0 Å². The Morgan fingerprint density at radius 2 is 2.00 bits per heavy atom. The van der Waals surface area contributed by atoms with Gasteiger partial charge in [-0.3, -0.25) is 0 Å². The zero-order valence-electron chi connectivity index (χ0n) is 11.5. The third-order valence-electron chi connectivity index (χ3n) is 3.58. The Kier molecular flexibility index (Phi) is 4.11. The molecule has 1 aliphatic carbocycles. The summed E-state index contributed by atoms with van der Waals surface area (Å²) < 4.78 is 0. The summed E-state index contributed by atoms with van der Waals surface area (Å²) in [5, 5.41) is 7.55. The quantitative estimate of drug-likeness (QED) is 0.837. The first-order chi connectivity index (χ1) is 9.35. The van der Waals surface area contributed by atoms with Gasteiger partial charge in [-0.05, 0) is 38.4 Å². The van der Waals surface area contributed by atoms with Gasteiger partial charge in [0.1, 0.15) is 17.5 Å². The summed E-state index contributed by atoms with van der Waals surface area (Å²) in [5.41, 5.74) is 0. The minimum absolute atomic E-state index is 0.597. The molecular formula is C14H22N4S. The van der Waals surface area contributed by atoms with Crippen LogP contribution in [0.15, 0.2) is 6.07 Å². The van der Waals surface area contributed by atoms with Gasteiger partial charge in [-0.15, -0.1) is 0 Å². The fraction of sp³-hybridized carbons (Fsp3) is 0.714. The molecule has 0 radical (unpaired) electrons. The Hall–Kier alpha value is -0.970. The lowest BCUT2D eigenvalue weighted by molar-refractivity contribution is 0.801. The lowest BCUT2D eigenvalue weighted by atomic mass is 10.2. The Balaban J connectivity index is 1.67. The van der Waals surface area contributed by atoms with Crippen molar-refractivity contribution >= 4 is 23.4 Å². The number of hydrogen-bond donors (Lipinski definition) is 2. The van der Waals surface area contributed by atoms with Crippen LogP contribution in [0.3, 0.4) is 0 Å². The van der Waals surface area contributed by atoms with Crippen molar-refractivity contribution in [2.75, 3.05) is 29.5 Å². The van der Waals surface area contributed by atoms with Crippen LogP contribution in [0.4, 0.5) is 11.6 Å². The highest BCUT2D eigenvalue weighted by Gasteiger charge is 2.27. The molecule has 1 saturated carbocycles. The Morgan fingerprint density at radius 1 is 1.21 bits per heavy atom. The molecule has 0 aromatic carbocycles. The molecule has 104 valence electrons. The molecule has 2 fully saturated rings. The van der Waals surface area contributed by atoms with E-state index in [4.69, 9.17) is 0 Å². The molecule has 1 saturated heterocycles. The molecule has 2 N–H and O–H groups in total. The van der Waals surface area contributed by atoms with Crippen molar-refractivity contribution in [3.05, 3.63) is 11.9 Å². The summed E-state index contributed by atoms with van der Waals surface area (Å²) in [6, 6.07) is 2.04. The number of hydrogen-bond acceptors (Lipinski definition) is 5. The molecule has 5 heteroatoms. The van der Waals surface area contributed by atoms with E-state index in [0.29, 0.717) is 5.92 Å². The summed E-state index contributed by atoms with van der Waals surface area (Å²) >= 11 is 2.08. The van der Waals surface area contributed by atoms with Gasteiger partial charge in [0.05, 0.1) is 0 Å². The second-order valence-corrected chi connectivity index (χ2v) is 6.73. The van der Waals surface area contributed by atoms with Crippen molar-refractivity contribution in [1.82, 2.24) is 9.97 Å². The largest absolute Gasteiger partial charge is 0.370 e. The van der Waals surface area contributed by atoms with Gasteiger partial charge in [0.25, 0.3) is 0 Å². The minimum atomic E-state index is 0.597. The molecule has 19 heavy (non-hydrogen) atoms. The maximum absolute atomic E-state index is 4.67. The number of nitrogens with zero attached hydrogens (tertiary/aromatic N) is 2. The number of anilines is 2. The van der Waals surface area contributed by atoms with Crippen molar-refractivity contribution < 1.29 is 0 Å². The molecule has 1 aromatic heterocycles. The van der Waals surface area contributed by atoms with Gasteiger partial charge in [0, 0.05) is 30.3 Å². The molecular weight excluding hydrogens is 256 g/mol. The van der Waals surface area contributed by atoms with Gasteiger partial charge in [-0.2, -0.15) is 11.8 Å². The standard InChI is InChI=1S/C14H22N4S/c1-2-15-12-8-13(16-9-11-4-3-7-19-11)18-14(17-12)10-5-6-10/h8,10-11H,2-7,9H2,1H3,(H2,15,16,17,18). The predicted molar refractivity (Wildman–Crippen MR) is 82.1 cm³/mol. The van der Waals surface area contributed by atoms with E-state index in [1.54, 1.807) is 0 Å². The Labute approximate surface area is 119 Å². The Morgan fingerprint density at radius 3 is 2.63 bits per heavy atom. The fourth-order valence-corrected chi connectivity index (χ4v) is 3.58. The number of rotatable bonds is 6. The van der Waals surface area contributed by atoms with E-state index < -0.39 is 0 Å². The summed E-state index contributed by atoms with van der Waals surface area (Å²) in [6.45, 7) is 4.03. The second kappa shape index (κ2) is 5.99. The first kappa shape index (κ1) is 13.0. The summed E-state index contributed by atoms with van der Waals surface area (Å²) in [6.07, 6.45) is 5.18. The van der Waals surface area contributed by atoms with Gasteiger partial charge in [0.15, 0.2) is 0 Å². The number of thioether (sulfide) groups is 1. The van der Waals surface area contributed by atoms with Crippen molar-refractivity contribution in [2.24, 2.45) is 0 Å². The average molecular weight is 278 g/mol. The van der Waals surface area contributed by atoms with E-state index in [1.165, 1.54) is 31.4 Å². The normalized spacial score (nSPS) is 22.5. The van der Waals surface area contributed by atoms with Crippen LogP contribution in [0.5, 0.6) is 0 Å². The van der Waals surface area contributed by atoms with Crippen LogP contribution >= 0.6 is 11.8 Å². The monoisotopic (exact) mass is 278 g/mol. The fourth-order valence-electron chi connectivity index (χ4n) is 2.38. The first-order valence-corrected chi connectivity index (χ1v) is 8.38. The zero-order valence-corrected chi connectivity index (χ0v) is 12.3. The van der Waals surface area contributed by atoms with Crippen LogP contribution in [0.2, 0.25) is 0 Å². The molecule has 2 aliphatic rings. The number of nitrogens with one attached hydrogen (secondary N) is 2. The first-order valence-electron chi connectivity index (χ1n) is 7.33. The zero-order chi connectivity index (χ0) is 13.1. The highest BCUT2D eigenvalue weighted by atomic mass is 32.2.